The molecule has 2 aromatic carbocycles. The number of carbonyl (C=O) groups is 2. The molecule has 0 aromatic heterocycles. The number of anilines is 2. The Morgan fingerprint density at radius 2 is 1.71 bits per heavy atom. The fraction of sp³-hybridized carbons (Fsp3) is 0.0667. The summed E-state index contributed by atoms with van der Waals surface area (Å²) in [5.74, 6) is -0.933. The van der Waals surface area contributed by atoms with Gasteiger partial charge < -0.3 is 15.8 Å². The Labute approximate surface area is 126 Å². The molecule has 0 aliphatic rings. The van der Waals surface area contributed by atoms with Crippen molar-refractivity contribution in [1.82, 2.24) is 0 Å². The summed E-state index contributed by atoms with van der Waals surface area (Å²) in [6, 6.07) is 11.0. The quantitative estimate of drug-likeness (QED) is 0.674. The van der Waals surface area contributed by atoms with E-state index >= 15 is 0 Å². The van der Waals surface area contributed by atoms with E-state index < -0.39 is 5.97 Å². The number of nitrogens with two attached hydrogens (primary N) is 1. The Hall–Kier alpha value is -2.53. The number of benzene rings is 2. The highest BCUT2D eigenvalue weighted by Gasteiger charge is 2.12. The highest BCUT2D eigenvalue weighted by Crippen LogP contribution is 2.17. The zero-order chi connectivity index (χ0) is 15.4. The number of nitrogens with one attached hydrogen (secondary N) is 1. The molecule has 0 aliphatic carbocycles. The molecule has 21 heavy (non-hydrogen) atoms. The molecule has 0 heterocycles. The van der Waals surface area contributed by atoms with E-state index in [4.69, 9.17) is 17.3 Å². The number of esters is 1. The molecule has 0 saturated heterocycles. The van der Waals surface area contributed by atoms with Crippen molar-refractivity contribution in [3.8, 4) is 0 Å². The van der Waals surface area contributed by atoms with Crippen molar-refractivity contribution in [3.63, 3.8) is 0 Å². The number of amides is 1. The summed E-state index contributed by atoms with van der Waals surface area (Å²) in [6.45, 7) is 0. The largest absolute Gasteiger partial charge is 0.465 e. The lowest BCUT2D eigenvalue weighted by molar-refractivity contribution is 0.0601. The van der Waals surface area contributed by atoms with Crippen molar-refractivity contribution >= 4 is 34.9 Å². The van der Waals surface area contributed by atoms with E-state index in [0.29, 0.717) is 16.4 Å². The lowest BCUT2D eigenvalue weighted by Crippen LogP contribution is -2.14. The maximum atomic E-state index is 12.2. The van der Waals surface area contributed by atoms with Crippen molar-refractivity contribution in [2.45, 2.75) is 0 Å². The van der Waals surface area contributed by atoms with E-state index in [0.717, 1.165) is 0 Å². The Morgan fingerprint density at radius 3 is 2.33 bits per heavy atom. The van der Waals surface area contributed by atoms with Crippen LogP contribution in [0.5, 0.6) is 0 Å². The molecular formula is C15H13ClN2O3. The SMILES string of the molecule is COC(=O)c1cc(N)cc(C(=O)Nc2ccc(Cl)cc2)c1. The van der Waals surface area contributed by atoms with Gasteiger partial charge >= 0.3 is 5.97 Å². The van der Waals surface area contributed by atoms with E-state index in [1.54, 1.807) is 24.3 Å². The van der Waals surface area contributed by atoms with Gasteiger partial charge in [0, 0.05) is 22.0 Å². The minimum atomic E-state index is -0.553. The van der Waals surface area contributed by atoms with Crippen LogP contribution in [0.1, 0.15) is 20.7 Å². The number of rotatable bonds is 3. The lowest BCUT2D eigenvalue weighted by Gasteiger charge is -2.08. The molecule has 1 amide bonds. The third-order valence-electron chi connectivity index (χ3n) is 2.74. The molecule has 5 nitrogen and oxygen atoms in total. The van der Waals surface area contributed by atoms with Crippen LogP contribution in [0.2, 0.25) is 5.02 Å². The molecule has 2 aromatic rings. The molecule has 0 aliphatic heterocycles. The molecule has 108 valence electrons. The van der Waals surface area contributed by atoms with E-state index in [-0.39, 0.29) is 17.0 Å². The average Bonchev–Trinajstić information content (AvgIpc) is 2.48. The van der Waals surface area contributed by atoms with Crippen LogP contribution >= 0.6 is 11.6 Å². The van der Waals surface area contributed by atoms with Crippen molar-refractivity contribution in [2.75, 3.05) is 18.2 Å². The normalized spacial score (nSPS) is 10.0. The molecule has 0 spiro atoms. The third kappa shape index (κ3) is 3.73. The number of nitrogen functional groups attached to an aromatic ring is 1. The number of hydrogen-bond acceptors (Lipinski definition) is 4. The van der Waals surface area contributed by atoms with Gasteiger partial charge in [-0.15, -0.1) is 0 Å². The first kappa shape index (κ1) is 14.9. The van der Waals surface area contributed by atoms with E-state index in [9.17, 15) is 9.59 Å². The highest BCUT2D eigenvalue weighted by molar-refractivity contribution is 6.30. The number of ether oxygens (including phenoxy) is 1. The van der Waals surface area contributed by atoms with Crippen LogP contribution in [0.15, 0.2) is 42.5 Å². The lowest BCUT2D eigenvalue weighted by atomic mass is 10.1. The van der Waals surface area contributed by atoms with Crippen LogP contribution in [0.4, 0.5) is 11.4 Å². The standard InChI is InChI=1S/C15H13ClN2O3/c1-21-15(20)10-6-9(7-12(17)8-10)14(19)18-13-4-2-11(16)3-5-13/h2-8H,17H2,1H3,(H,18,19). The van der Waals surface area contributed by atoms with Gasteiger partial charge in [-0.1, -0.05) is 11.6 Å². The van der Waals surface area contributed by atoms with Gasteiger partial charge in [0.2, 0.25) is 0 Å². The molecule has 0 unspecified atom stereocenters. The van der Waals surface area contributed by atoms with Gasteiger partial charge in [0.25, 0.3) is 5.91 Å². The number of hydrogen-bond donors (Lipinski definition) is 2. The summed E-state index contributed by atoms with van der Waals surface area (Å²) in [5.41, 5.74) is 7.08. The van der Waals surface area contributed by atoms with Gasteiger partial charge in [-0.2, -0.15) is 0 Å². The van der Waals surface area contributed by atoms with Gasteiger partial charge in [-0.3, -0.25) is 4.79 Å². The summed E-state index contributed by atoms with van der Waals surface area (Å²) < 4.78 is 4.62. The molecule has 0 fully saturated rings. The second-order valence-corrected chi connectivity index (χ2v) is 4.73. The summed E-state index contributed by atoms with van der Waals surface area (Å²) in [7, 11) is 1.26. The predicted octanol–water partition coefficient (Wildman–Crippen LogP) is 2.96. The maximum absolute atomic E-state index is 12.2. The molecule has 0 radical (unpaired) electrons. The Kier molecular flexibility index (Phi) is 4.45. The fourth-order valence-corrected chi connectivity index (χ4v) is 1.88. The molecule has 0 saturated carbocycles. The molecule has 2 rings (SSSR count). The van der Waals surface area contributed by atoms with Gasteiger partial charge in [-0.25, -0.2) is 4.79 Å². The fourth-order valence-electron chi connectivity index (χ4n) is 1.75. The highest BCUT2D eigenvalue weighted by atomic mass is 35.5. The van der Waals surface area contributed by atoms with Crippen LogP contribution < -0.4 is 11.1 Å². The van der Waals surface area contributed by atoms with Crippen LogP contribution in [0, 0.1) is 0 Å². The number of methoxy groups -OCH3 is 1. The minimum absolute atomic E-state index is 0.221. The van der Waals surface area contributed by atoms with Crippen molar-refractivity contribution in [2.24, 2.45) is 0 Å². The molecule has 6 heteroatoms. The molecule has 0 bridgehead atoms. The molecule has 3 N–H and O–H groups in total. The van der Waals surface area contributed by atoms with E-state index in [2.05, 4.69) is 10.1 Å². The van der Waals surface area contributed by atoms with Crippen LogP contribution in [-0.2, 0) is 4.74 Å². The molecule has 0 atom stereocenters. The Balaban J connectivity index is 2.24. The Bertz CT molecular complexity index is 684. The van der Waals surface area contributed by atoms with Crippen LogP contribution in [0.25, 0.3) is 0 Å². The monoisotopic (exact) mass is 304 g/mol. The van der Waals surface area contributed by atoms with Crippen molar-refractivity contribution in [1.29, 1.82) is 0 Å². The third-order valence-corrected chi connectivity index (χ3v) is 2.99. The first-order chi connectivity index (χ1) is 9.99. The topological polar surface area (TPSA) is 81.4 Å². The first-order valence-electron chi connectivity index (χ1n) is 6.05. The number of carbonyl (C=O) groups excluding carboxylic acids is 2. The predicted molar refractivity (Wildman–Crippen MR) is 81.6 cm³/mol. The molecular weight excluding hydrogens is 292 g/mol. The minimum Gasteiger partial charge on any atom is -0.465 e. The zero-order valence-electron chi connectivity index (χ0n) is 11.2. The number of halogens is 1. The average molecular weight is 305 g/mol. The Morgan fingerprint density at radius 1 is 1.10 bits per heavy atom. The smallest absolute Gasteiger partial charge is 0.337 e. The zero-order valence-corrected chi connectivity index (χ0v) is 12.0. The van der Waals surface area contributed by atoms with Crippen molar-refractivity contribution < 1.29 is 14.3 Å². The summed E-state index contributed by atoms with van der Waals surface area (Å²) >= 11 is 5.78. The van der Waals surface area contributed by atoms with Crippen molar-refractivity contribution in [3.05, 3.63) is 58.6 Å². The first-order valence-corrected chi connectivity index (χ1v) is 6.43. The second kappa shape index (κ2) is 6.28. The van der Waals surface area contributed by atoms with E-state index in [1.807, 2.05) is 0 Å². The van der Waals surface area contributed by atoms with Crippen LogP contribution in [0.3, 0.4) is 0 Å². The second-order valence-electron chi connectivity index (χ2n) is 4.30. The maximum Gasteiger partial charge on any atom is 0.337 e. The van der Waals surface area contributed by atoms with Crippen LogP contribution in [-0.4, -0.2) is 19.0 Å². The van der Waals surface area contributed by atoms with Gasteiger partial charge in [0.1, 0.15) is 0 Å². The summed E-state index contributed by atoms with van der Waals surface area (Å²) in [6.07, 6.45) is 0. The van der Waals surface area contributed by atoms with Gasteiger partial charge in [0.15, 0.2) is 0 Å². The van der Waals surface area contributed by atoms with E-state index in [1.165, 1.54) is 25.3 Å². The van der Waals surface area contributed by atoms with Gasteiger partial charge in [0.05, 0.1) is 12.7 Å². The summed E-state index contributed by atoms with van der Waals surface area (Å²) in [5, 5.41) is 3.27. The summed E-state index contributed by atoms with van der Waals surface area (Å²) in [4.78, 5) is 23.7. The van der Waals surface area contributed by atoms with Gasteiger partial charge in [-0.05, 0) is 42.5 Å².